The number of hydrogen-bond donors (Lipinski definition) is 2. The molecule has 4 rings (SSSR count). The van der Waals surface area contributed by atoms with E-state index in [1.165, 1.54) is 24.3 Å². The molecule has 0 aliphatic heterocycles. The van der Waals surface area contributed by atoms with Crippen molar-refractivity contribution in [3.63, 3.8) is 0 Å². The Labute approximate surface area is 215 Å². The molecule has 0 fully saturated rings. The van der Waals surface area contributed by atoms with E-state index in [-0.39, 0.29) is 45.8 Å². The van der Waals surface area contributed by atoms with Crippen LogP contribution in [0.2, 0.25) is 0 Å². The minimum atomic E-state index is -4.66. The molecule has 0 bridgehead atoms. The molecule has 34 heavy (non-hydrogen) atoms. The number of carbonyl (C=O) groups is 1. The van der Waals surface area contributed by atoms with Gasteiger partial charge in [0.1, 0.15) is 0 Å². The van der Waals surface area contributed by atoms with Crippen LogP contribution < -0.4 is 10.3 Å². The first-order chi connectivity index (χ1) is 15.5. The van der Waals surface area contributed by atoms with E-state index >= 15 is 0 Å². The normalized spacial score (nSPS) is 11.8. The molecule has 172 valence electrons. The first-order valence-electron chi connectivity index (χ1n) is 9.60. The van der Waals surface area contributed by atoms with Gasteiger partial charge in [-0.25, -0.2) is 13.1 Å². The van der Waals surface area contributed by atoms with Crippen molar-refractivity contribution >= 4 is 56.3 Å². The third kappa shape index (κ3) is 5.50. The Balaban J connectivity index is 0.00000324. The average molecular weight is 498 g/mol. The summed E-state index contributed by atoms with van der Waals surface area (Å²) in [5, 5.41) is 5.51. The summed E-state index contributed by atoms with van der Waals surface area (Å²) in [4.78, 5) is 12.7. The molecule has 0 aliphatic rings. The van der Waals surface area contributed by atoms with Crippen molar-refractivity contribution in [1.82, 2.24) is 20.0 Å². The quantitative estimate of drug-likeness (QED) is 0.326. The van der Waals surface area contributed by atoms with Gasteiger partial charge in [-0.2, -0.15) is 18.3 Å². The van der Waals surface area contributed by atoms with Crippen LogP contribution in [0.25, 0.3) is 27.7 Å². The van der Waals surface area contributed by atoms with E-state index in [1.54, 1.807) is 18.2 Å². The Morgan fingerprint density at radius 3 is 2.21 bits per heavy atom. The zero-order valence-electron chi connectivity index (χ0n) is 17.1. The van der Waals surface area contributed by atoms with Crippen molar-refractivity contribution in [3.8, 4) is 16.9 Å². The summed E-state index contributed by atoms with van der Waals surface area (Å²) in [7, 11) is -4.05. The summed E-state index contributed by atoms with van der Waals surface area (Å²) in [6.45, 7) is 1.13. The third-order valence-electron chi connectivity index (χ3n) is 4.80. The molecule has 2 N–H and O–H groups in total. The number of nitrogens with one attached hydrogen (secondary N) is 2. The molecule has 3 aromatic carbocycles. The van der Waals surface area contributed by atoms with E-state index < -0.39 is 27.8 Å². The monoisotopic (exact) mass is 498 g/mol. The van der Waals surface area contributed by atoms with Crippen LogP contribution in [0, 0.1) is 0 Å². The maximum atomic E-state index is 13.4. The number of halogens is 3. The zero-order valence-corrected chi connectivity index (χ0v) is 17.9. The fourth-order valence-corrected chi connectivity index (χ4v) is 4.13. The SMILES string of the molecule is CC(=O)NNS(=O)(=O)c1ccc(-n2nc(C(F)(F)F)cc2-c2ccc3ccccc3c2)cc1.[NaH]. The van der Waals surface area contributed by atoms with Crippen LogP contribution in [-0.4, -0.2) is 53.7 Å². The first kappa shape index (κ1) is 25.9. The summed E-state index contributed by atoms with van der Waals surface area (Å²) in [5.41, 5.74) is 1.84. The number of hydrazine groups is 1. The van der Waals surface area contributed by atoms with Crippen LogP contribution in [-0.2, 0) is 21.0 Å². The van der Waals surface area contributed by atoms with E-state index in [2.05, 4.69) is 5.10 Å². The van der Waals surface area contributed by atoms with Crippen molar-refractivity contribution in [3.05, 3.63) is 78.5 Å². The number of fused-ring (bicyclic) bond motifs is 1. The number of rotatable bonds is 5. The van der Waals surface area contributed by atoms with Gasteiger partial charge in [-0.1, -0.05) is 36.4 Å². The number of hydrogen-bond acceptors (Lipinski definition) is 4. The van der Waals surface area contributed by atoms with E-state index in [0.29, 0.717) is 5.56 Å². The fraction of sp³-hybridized carbons (Fsp3) is 0.0909. The van der Waals surface area contributed by atoms with Gasteiger partial charge >= 0.3 is 35.7 Å². The molecule has 1 aromatic heterocycles. The molecule has 1 heterocycles. The number of alkyl halides is 3. The van der Waals surface area contributed by atoms with Gasteiger partial charge in [0.15, 0.2) is 5.69 Å². The number of carbonyl (C=O) groups excluding carboxylic acids is 1. The Morgan fingerprint density at radius 2 is 1.59 bits per heavy atom. The van der Waals surface area contributed by atoms with E-state index in [9.17, 15) is 26.4 Å². The number of aromatic nitrogens is 2. The van der Waals surface area contributed by atoms with Crippen LogP contribution in [0.5, 0.6) is 0 Å². The summed E-state index contributed by atoms with van der Waals surface area (Å²) in [6, 6.07) is 18.7. The van der Waals surface area contributed by atoms with E-state index in [4.69, 9.17) is 0 Å². The van der Waals surface area contributed by atoms with Gasteiger partial charge in [0.25, 0.3) is 10.0 Å². The van der Waals surface area contributed by atoms with Gasteiger partial charge in [-0.15, -0.1) is 4.83 Å². The minimum absolute atomic E-state index is 0. The van der Waals surface area contributed by atoms with Crippen molar-refractivity contribution in [2.75, 3.05) is 0 Å². The zero-order chi connectivity index (χ0) is 23.8. The molecule has 0 saturated carbocycles. The predicted octanol–water partition coefficient (Wildman–Crippen LogP) is 3.39. The van der Waals surface area contributed by atoms with Gasteiger partial charge < -0.3 is 0 Å². The molecule has 0 unspecified atom stereocenters. The molecular formula is C22H18F3N4NaO3S. The average Bonchev–Trinajstić information content (AvgIpc) is 3.24. The molecule has 4 aromatic rings. The molecule has 0 atom stereocenters. The Morgan fingerprint density at radius 1 is 0.941 bits per heavy atom. The van der Waals surface area contributed by atoms with Crippen molar-refractivity contribution in [1.29, 1.82) is 0 Å². The van der Waals surface area contributed by atoms with E-state index in [0.717, 1.165) is 28.4 Å². The van der Waals surface area contributed by atoms with Gasteiger partial charge in [0, 0.05) is 12.5 Å². The number of benzene rings is 3. The molecule has 0 aliphatic carbocycles. The van der Waals surface area contributed by atoms with Crippen LogP contribution in [0.1, 0.15) is 12.6 Å². The summed E-state index contributed by atoms with van der Waals surface area (Å²) < 4.78 is 65.9. The van der Waals surface area contributed by atoms with E-state index in [1.807, 2.05) is 34.5 Å². The van der Waals surface area contributed by atoms with Gasteiger partial charge in [-0.05, 0) is 47.2 Å². The number of nitrogens with zero attached hydrogens (tertiary/aromatic N) is 2. The van der Waals surface area contributed by atoms with Crippen LogP contribution >= 0.6 is 0 Å². The van der Waals surface area contributed by atoms with Gasteiger partial charge in [-0.3, -0.25) is 10.2 Å². The standard InChI is InChI=1S/C22H17F3N4O3S.Na.H/c1-14(30)26-28-33(31,32)19-10-8-18(9-11-19)29-20(13-21(27-29)22(23,24)25)17-7-6-15-4-2-3-5-16(15)12-17;;/h2-13,28H,1H3,(H,26,30);;. The summed E-state index contributed by atoms with van der Waals surface area (Å²) >= 11 is 0. The van der Waals surface area contributed by atoms with Crippen LogP contribution in [0.4, 0.5) is 13.2 Å². The van der Waals surface area contributed by atoms with Gasteiger partial charge in [0.05, 0.1) is 16.3 Å². The third-order valence-corrected chi connectivity index (χ3v) is 6.06. The molecule has 0 radical (unpaired) electrons. The Bertz CT molecular complexity index is 1450. The summed E-state index contributed by atoms with van der Waals surface area (Å²) in [5.74, 6) is -0.605. The molecule has 7 nitrogen and oxygen atoms in total. The Kier molecular flexibility index (Phi) is 7.53. The van der Waals surface area contributed by atoms with Crippen molar-refractivity contribution in [2.24, 2.45) is 0 Å². The van der Waals surface area contributed by atoms with Crippen molar-refractivity contribution < 1.29 is 26.4 Å². The Hall–Kier alpha value is -2.70. The topological polar surface area (TPSA) is 93.1 Å². The number of amides is 1. The van der Waals surface area contributed by atoms with Crippen LogP contribution in [0.15, 0.2) is 77.7 Å². The fourth-order valence-electron chi connectivity index (χ4n) is 3.24. The molecule has 1 amide bonds. The predicted molar refractivity (Wildman–Crippen MR) is 123 cm³/mol. The van der Waals surface area contributed by atoms with Crippen molar-refractivity contribution in [2.45, 2.75) is 18.0 Å². The molecule has 0 spiro atoms. The second kappa shape index (κ2) is 9.88. The molecule has 0 saturated heterocycles. The van der Waals surface area contributed by atoms with Gasteiger partial charge in [0.2, 0.25) is 5.91 Å². The second-order valence-electron chi connectivity index (χ2n) is 7.17. The number of sulfonamides is 1. The molecular weight excluding hydrogens is 480 g/mol. The van der Waals surface area contributed by atoms with Crippen LogP contribution in [0.3, 0.4) is 0 Å². The first-order valence-corrected chi connectivity index (χ1v) is 11.1. The maximum absolute atomic E-state index is 13.4. The second-order valence-corrected chi connectivity index (χ2v) is 8.85. The summed E-state index contributed by atoms with van der Waals surface area (Å²) in [6.07, 6.45) is -4.66. The molecule has 12 heteroatoms.